The van der Waals surface area contributed by atoms with Crippen molar-refractivity contribution in [3.05, 3.63) is 0 Å². The van der Waals surface area contributed by atoms with Crippen LogP contribution in [0.1, 0.15) is 40.5 Å². The highest BCUT2D eigenvalue weighted by Gasteiger charge is 2.38. The van der Waals surface area contributed by atoms with Crippen molar-refractivity contribution in [1.29, 1.82) is 0 Å². The second-order valence-corrected chi connectivity index (χ2v) is 5.93. The molecule has 1 aliphatic rings. The fourth-order valence-electron chi connectivity index (χ4n) is 2.02. The molecule has 0 bridgehead atoms. The number of hydrogen-bond donors (Lipinski definition) is 0. The Labute approximate surface area is 124 Å². The molecule has 21 heavy (non-hydrogen) atoms. The van der Waals surface area contributed by atoms with E-state index in [9.17, 15) is 14.4 Å². The third-order valence-corrected chi connectivity index (χ3v) is 2.98. The number of carbonyl (C=O) groups is 3. The Bertz CT molecular complexity index is 414. The van der Waals surface area contributed by atoms with E-state index in [1.54, 1.807) is 20.8 Å². The zero-order chi connectivity index (χ0) is 16.2. The van der Waals surface area contributed by atoms with Crippen molar-refractivity contribution in [3.8, 4) is 0 Å². The van der Waals surface area contributed by atoms with Crippen molar-refractivity contribution in [2.45, 2.75) is 58.3 Å². The van der Waals surface area contributed by atoms with Crippen LogP contribution >= 0.6 is 0 Å². The predicted octanol–water partition coefficient (Wildman–Crippen LogP) is 1.49. The summed E-state index contributed by atoms with van der Waals surface area (Å²) in [6.45, 7) is 7.13. The first kappa shape index (κ1) is 17.3. The highest BCUT2D eigenvalue weighted by atomic mass is 16.6. The number of hydrogen-bond acceptors (Lipinski definition) is 6. The van der Waals surface area contributed by atoms with Gasteiger partial charge < -0.3 is 14.2 Å². The van der Waals surface area contributed by atoms with Crippen LogP contribution in [-0.2, 0) is 23.8 Å². The van der Waals surface area contributed by atoms with Gasteiger partial charge >= 0.3 is 18.0 Å². The van der Waals surface area contributed by atoms with E-state index in [-0.39, 0.29) is 0 Å². The number of carbonyl (C=O) groups excluding carboxylic acids is 3. The highest BCUT2D eigenvalue weighted by molar-refractivity contribution is 5.85. The normalized spacial score (nSPS) is 19.9. The molecule has 0 aromatic heterocycles. The Kier molecular flexibility index (Phi) is 5.57. The van der Waals surface area contributed by atoms with E-state index in [1.165, 1.54) is 18.9 Å². The van der Waals surface area contributed by atoms with Crippen molar-refractivity contribution in [2.24, 2.45) is 0 Å². The number of nitrogens with zero attached hydrogens (tertiary/aromatic N) is 1. The Hall–Kier alpha value is -1.79. The highest BCUT2D eigenvalue weighted by Crippen LogP contribution is 2.22. The summed E-state index contributed by atoms with van der Waals surface area (Å²) in [5.41, 5.74) is -0.632. The summed E-state index contributed by atoms with van der Waals surface area (Å²) < 4.78 is 14.8. The molecular formula is C14H23NO6. The summed E-state index contributed by atoms with van der Waals surface area (Å²) in [4.78, 5) is 36.7. The van der Waals surface area contributed by atoms with Crippen LogP contribution in [0.15, 0.2) is 0 Å². The third kappa shape index (κ3) is 4.91. The van der Waals surface area contributed by atoms with Gasteiger partial charge in [0.2, 0.25) is 0 Å². The summed E-state index contributed by atoms with van der Waals surface area (Å²) in [7, 11) is 1.22. The van der Waals surface area contributed by atoms with E-state index >= 15 is 0 Å². The quantitative estimate of drug-likeness (QED) is 0.580. The lowest BCUT2D eigenvalue weighted by atomic mass is 10.2. The smallest absolute Gasteiger partial charge is 0.411 e. The number of esters is 2. The maximum Gasteiger partial charge on any atom is 0.411 e. The lowest BCUT2D eigenvalue weighted by Gasteiger charge is -2.28. The minimum Gasteiger partial charge on any atom is -0.466 e. The molecule has 120 valence electrons. The molecule has 0 radical (unpaired) electrons. The van der Waals surface area contributed by atoms with Gasteiger partial charge in [-0.15, -0.1) is 0 Å². The van der Waals surface area contributed by atoms with Gasteiger partial charge in [-0.25, -0.2) is 14.4 Å². The predicted molar refractivity (Wildman–Crippen MR) is 73.5 cm³/mol. The molecule has 1 heterocycles. The number of likely N-dealkylation sites (tertiary alicyclic amines) is 1. The molecule has 1 amide bonds. The number of amides is 1. The molecule has 0 spiro atoms. The monoisotopic (exact) mass is 301 g/mol. The molecular weight excluding hydrogens is 278 g/mol. The molecule has 0 N–H and O–H groups in total. The van der Waals surface area contributed by atoms with Crippen LogP contribution in [0.4, 0.5) is 4.79 Å². The van der Waals surface area contributed by atoms with Crippen molar-refractivity contribution in [1.82, 2.24) is 4.90 Å². The molecule has 2 unspecified atom stereocenters. The van der Waals surface area contributed by atoms with Crippen LogP contribution in [0, 0.1) is 0 Å². The zero-order valence-corrected chi connectivity index (χ0v) is 13.2. The molecule has 7 heteroatoms. The minimum atomic E-state index is -0.997. The van der Waals surface area contributed by atoms with Gasteiger partial charge in [0.25, 0.3) is 0 Å². The molecule has 0 aromatic carbocycles. The van der Waals surface area contributed by atoms with Gasteiger partial charge in [0.15, 0.2) is 6.10 Å². The van der Waals surface area contributed by atoms with Gasteiger partial charge in [0.05, 0.1) is 7.11 Å². The minimum absolute atomic E-state index is 0.432. The first-order chi connectivity index (χ1) is 9.65. The van der Waals surface area contributed by atoms with E-state index in [1.807, 2.05) is 0 Å². The van der Waals surface area contributed by atoms with Gasteiger partial charge in [-0.05, 0) is 40.5 Å². The van der Waals surface area contributed by atoms with Crippen LogP contribution in [0.25, 0.3) is 0 Å². The van der Waals surface area contributed by atoms with Crippen LogP contribution in [0.2, 0.25) is 0 Å². The number of rotatable bonds is 3. The second-order valence-electron chi connectivity index (χ2n) is 5.93. The maximum atomic E-state index is 12.1. The molecule has 1 fully saturated rings. The van der Waals surface area contributed by atoms with Crippen molar-refractivity contribution in [2.75, 3.05) is 13.7 Å². The van der Waals surface area contributed by atoms with Crippen molar-refractivity contribution in [3.63, 3.8) is 0 Å². The lowest BCUT2D eigenvalue weighted by molar-refractivity contribution is -0.167. The van der Waals surface area contributed by atoms with Crippen LogP contribution < -0.4 is 0 Å². The molecule has 2 atom stereocenters. The van der Waals surface area contributed by atoms with E-state index in [0.717, 1.165) is 0 Å². The topological polar surface area (TPSA) is 82.1 Å². The van der Waals surface area contributed by atoms with Crippen molar-refractivity contribution >= 4 is 18.0 Å². The van der Waals surface area contributed by atoms with Gasteiger partial charge in [-0.2, -0.15) is 0 Å². The van der Waals surface area contributed by atoms with E-state index in [4.69, 9.17) is 9.47 Å². The van der Waals surface area contributed by atoms with E-state index < -0.39 is 35.8 Å². The van der Waals surface area contributed by atoms with E-state index in [0.29, 0.717) is 19.4 Å². The standard InChI is InChI=1S/C14H23NO6/c1-9(11(16)19-5)20-12(17)10-7-6-8-15(10)13(18)21-14(2,3)4/h9-10H,6-8H2,1-5H3. The Balaban J connectivity index is 2.66. The average molecular weight is 301 g/mol. The third-order valence-electron chi connectivity index (χ3n) is 2.98. The van der Waals surface area contributed by atoms with Gasteiger partial charge in [-0.1, -0.05) is 0 Å². The first-order valence-electron chi connectivity index (χ1n) is 6.93. The summed E-state index contributed by atoms with van der Waals surface area (Å²) in [6, 6.07) is -0.716. The lowest BCUT2D eigenvalue weighted by Crippen LogP contribution is -2.45. The zero-order valence-electron chi connectivity index (χ0n) is 13.2. The molecule has 1 rings (SSSR count). The fourth-order valence-corrected chi connectivity index (χ4v) is 2.02. The summed E-state index contributed by atoms with van der Waals surface area (Å²) in [5.74, 6) is -1.25. The second kappa shape index (κ2) is 6.78. The Morgan fingerprint density at radius 2 is 1.86 bits per heavy atom. The molecule has 0 aliphatic carbocycles. The molecule has 0 aromatic rings. The molecule has 7 nitrogen and oxygen atoms in total. The molecule has 1 aliphatic heterocycles. The maximum absolute atomic E-state index is 12.1. The molecule has 0 saturated carbocycles. The summed E-state index contributed by atoms with van der Waals surface area (Å²) in [5, 5.41) is 0. The molecule has 1 saturated heterocycles. The number of methoxy groups -OCH3 is 1. The van der Waals surface area contributed by atoms with Crippen LogP contribution in [0.5, 0.6) is 0 Å². The Morgan fingerprint density at radius 1 is 1.24 bits per heavy atom. The van der Waals surface area contributed by atoms with Gasteiger partial charge in [0, 0.05) is 6.54 Å². The van der Waals surface area contributed by atoms with Gasteiger partial charge in [0.1, 0.15) is 11.6 Å². The van der Waals surface area contributed by atoms with E-state index in [2.05, 4.69) is 4.74 Å². The van der Waals surface area contributed by atoms with Crippen LogP contribution in [-0.4, -0.2) is 54.3 Å². The van der Waals surface area contributed by atoms with Gasteiger partial charge in [-0.3, -0.25) is 4.90 Å². The summed E-state index contributed by atoms with van der Waals surface area (Å²) >= 11 is 0. The van der Waals surface area contributed by atoms with Crippen molar-refractivity contribution < 1.29 is 28.6 Å². The first-order valence-corrected chi connectivity index (χ1v) is 6.93. The summed E-state index contributed by atoms with van der Waals surface area (Å²) in [6.07, 6.45) is -0.367. The Morgan fingerprint density at radius 3 is 2.38 bits per heavy atom. The fraction of sp³-hybridized carbons (Fsp3) is 0.786. The largest absolute Gasteiger partial charge is 0.466 e. The SMILES string of the molecule is COC(=O)C(C)OC(=O)C1CCCN1C(=O)OC(C)(C)C. The average Bonchev–Trinajstić information content (AvgIpc) is 2.84. The van der Waals surface area contributed by atoms with Crippen LogP contribution in [0.3, 0.4) is 0 Å². The number of ether oxygens (including phenoxy) is 3.